The molecule has 1 aromatic carbocycles. The molecule has 0 radical (unpaired) electrons. The Morgan fingerprint density at radius 2 is 1.71 bits per heavy atom. The van der Waals surface area contributed by atoms with Crippen molar-refractivity contribution in [2.24, 2.45) is 0 Å². The van der Waals surface area contributed by atoms with Crippen molar-refractivity contribution >= 4 is 11.6 Å². The summed E-state index contributed by atoms with van der Waals surface area (Å²) in [6.07, 6.45) is -2.01. The van der Waals surface area contributed by atoms with Crippen molar-refractivity contribution in [1.82, 2.24) is 9.80 Å². The zero-order chi connectivity index (χ0) is 19.7. The largest absolute Gasteiger partial charge is 0.468 e. The van der Waals surface area contributed by atoms with E-state index in [1.165, 1.54) is 12.1 Å². The molecule has 1 atom stereocenters. The number of anilines is 1. The van der Waals surface area contributed by atoms with Crippen molar-refractivity contribution in [2.45, 2.75) is 25.2 Å². The topological polar surface area (TPSA) is 39.9 Å². The molecular formula is C20H22F3N3O2. The maximum absolute atomic E-state index is 12.9. The van der Waals surface area contributed by atoms with Gasteiger partial charge in [-0.2, -0.15) is 13.2 Å². The molecule has 1 unspecified atom stereocenters. The molecule has 3 heterocycles. The number of halogens is 3. The number of piperazine rings is 1. The molecule has 8 heteroatoms. The number of alkyl halides is 3. The first-order valence-corrected chi connectivity index (χ1v) is 9.39. The summed E-state index contributed by atoms with van der Waals surface area (Å²) in [6, 6.07) is 8.45. The minimum Gasteiger partial charge on any atom is -0.468 e. The lowest BCUT2D eigenvalue weighted by atomic mass is 10.1. The van der Waals surface area contributed by atoms with E-state index in [9.17, 15) is 18.0 Å². The third kappa shape index (κ3) is 3.93. The third-order valence-corrected chi connectivity index (χ3v) is 5.49. The van der Waals surface area contributed by atoms with Crippen molar-refractivity contribution in [2.75, 3.05) is 37.6 Å². The molecule has 2 aliphatic heterocycles. The summed E-state index contributed by atoms with van der Waals surface area (Å²) in [4.78, 5) is 18.9. The van der Waals surface area contributed by atoms with Gasteiger partial charge in [0.2, 0.25) is 5.91 Å². The molecule has 1 aromatic heterocycles. The highest BCUT2D eigenvalue weighted by atomic mass is 19.4. The van der Waals surface area contributed by atoms with Crippen LogP contribution in [0.2, 0.25) is 0 Å². The Balaban J connectivity index is 1.34. The van der Waals surface area contributed by atoms with E-state index in [2.05, 4.69) is 9.80 Å². The zero-order valence-corrected chi connectivity index (χ0v) is 15.4. The lowest BCUT2D eigenvalue weighted by molar-refractivity contribution is -0.137. The highest BCUT2D eigenvalue weighted by Gasteiger charge is 2.38. The minimum atomic E-state index is -4.37. The van der Waals surface area contributed by atoms with Gasteiger partial charge in [0.25, 0.3) is 0 Å². The molecule has 2 fully saturated rings. The monoisotopic (exact) mass is 393 g/mol. The molecule has 28 heavy (non-hydrogen) atoms. The molecule has 0 N–H and O–H groups in total. The van der Waals surface area contributed by atoms with Gasteiger partial charge in [-0.3, -0.25) is 14.6 Å². The molecule has 2 aromatic rings. The zero-order valence-electron chi connectivity index (χ0n) is 15.4. The molecule has 0 aliphatic carbocycles. The van der Waals surface area contributed by atoms with Crippen LogP contribution in [-0.2, 0) is 17.5 Å². The fraction of sp³-hybridized carbons (Fsp3) is 0.450. The van der Waals surface area contributed by atoms with Crippen LogP contribution in [0.4, 0.5) is 18.9 Å². The van der Waals surface area contributed by atoms with Gasteiger partial charge in [-0.15, -0.1) is 0 Å². The standard InChI is InChI=1S/C20H22F3N3O2/c21-20(22,23)15-3-5-16(6-4-15)26-8-7-18(19(26)27)25-11-9-24(10-12-25)14-17-2-1-13-28-17/h1-6,13,18H,7-12,14H2. The van der Waals surface area contributed by atoms with E-state index in [-0.39, 0.29) is 11.9 Å². The van der Waals surface area contributed by atoms with Crippen LogP contribution in [0, 0.1) is 0 Å². The van der Waals surface area contributed by atoms with Gasteiger partial charge in [0.1, 0.15) is 5.76 Å². The van der Waals surface area contributed by atoms with Gasteiger partial charge < -0.3 is 9.32 Å². The summed E-state index contributed by atoms with van der Waals surface area (Å²) >= 11 is 0. The average Bonchev–Trinajstić information content (AvgIpc) is 3.32. The normalized spacial score (nSPS) is 22.2. The van der Waals surface area contributed by atoms with Crippen molar-refractivity contribution < 1.29 is 22.4 Å². The molecule has 0 saturated carbocycles. The molecular weight excluding hydrogens is 371 g/mol. The van der Waals surface area contributed by atoms with Crippen LogP contribution >= 0.6 is 0 Å². The lowest BCUT2D eigenvalue weighted by Crippen LogP contribution is -2.52. The van der Waals surface area contributed by atoms with Crippen LogP contribution in [0.5, 0.6) is 0 Å². The molecule has 4 rings (SSSR count). The van der Waals surface area contributed by atoms with Crippen LogP contribution in [-0.4, -0.2) is 54.5 Å². The summed E-state index contributed by atoms with van der Waals surface area (Å²) in [5, 5.41) is 0. The minimum absolute atomic E-state index is 0.0285. The first-order chi connectivity index (χ1) is 13.4. The van der Waals surface area contributed by atoms with E-state index >= 15 is 0 Å². The summed E-state index contributed by atoms with van der Waals surface area (Å²) in [7, 11) is 0. The fourth-order valence-corrected chi connectivity index (χ4v) is 3.95. The number of furan rings is 1. The van der Waals surface area contributed by atoms with Gasteiger partial charge in [0.05, 0.1) is 24.4 Å². The number of carbonyl (C=O) groups is 1. The van der Waals surface area contributed by atoms with Gasteiger partial charge in [-0.1, -0.05) is 0 Å². The van der Waals surface area contributed by atoms with Crippen molar-refractivity contribution in [3.8, 4) is 0 Å². The Hall–Kier alpha value is -2.32. The van der Waals surface area contributed by atoms with Crippen LogP contribution < -0.4 is 4.90 Å². The predicted octanol–water partition coefficient (Wildman–Crippen LogP) is 3.22. The van der Waals surface area contributed by atoms with Crippen LogP contribution in [0.15, 0.2) is 47.1 Å². The van der Waals surface area contributed by atoms with Gasteiger partial charge in [0.15, 0.2) is 0 Å². The van der Waals surface area contributed by atoms with Gasteiger partial charge in [-0.05, 0) is 42.8 Å². The summed E-state index contributed by atoms with van der Waals surface area (Å²) in [5.74, 6) is 0.901. The average molecular weight is 393 g/mol. The Labute approximate surface area is 161 Å². The highest BCUT2D eigenvalue weighted by molar-refractivity contribution is 5.99. The molecule has 0 bridgehead atoms. The highest BCUT2D eigenvalue weighted by Crippen LogP contribution is 2.32. The van der Waals surface area contributed by atoms with Crippen molar-refractivity contribution in [1.29, 1.82) is 0 Å². The third-order valence-electron chi connectivity index (χ3n) is 5.49. The van der Waals surface area contributed by atoms with E-state index in [1.807, 2.05) is 12.1 Å². The fourth-order valence-electron chi connectivity index (χ4n) is 3.95. The number of hydrogen-bond acceptors (Lipinski definition) is 4. The van der Waals surface area contributed by atoms with E-state index in [0.29, 0.717) is 18.7 Å². The SMILES string of the molecule is O=C1C(N2CCN(Cc3ccco3)CC2)CCN1c1ccc(C(F)(F)F)cc1. The van der Waals surface area contributed by atoms with Crippen LogP contribution in [0.1, 0.15) is 17.7 Å². The van der Waals surface area contributed by atoms with Crippen molar-refractivity contribution in [3.05, 3.63) is 54.0 Å². The quantitative estimate of drug-likeness (QED) is 0.800. The van der Waals surface area contributed by atoms with Gasteiger partial charge in [0, 0.05) is 38.4 Å². The van der Waals surface area contributed by atoms with Crippen LogP contribution in [0.25, 0.3) is 0 Å². The number of hydrogen-bond donors (Lipinski definition) is 0. The predicted molar refractivity (Wildman–Crippen MR) is 97.8 cm³/mol. The maximum Gasteiger partial charge on any atom is 0.416 e. The number of amides is 1. The summed E-state index contributed by atoms with van der Waals surface area (Å²) in [5.41, 5.74) is -0.177. The van der Waals surface area contributed by atoms with Gasteiger partial charge in [-0.25, -0.2) is 0 Å². The number of rotatable bonds is 4. The smallest absolute Gasteiger partial charge is 0.416 e. The summed E-state index contributed by atoms with van der Waals surface area (Å²) in [6.45, 7) is 4.57. The van der Waals surface area contributed by atoms with Crippen molar-refractivity contribution in [3.63, 3.8) is 0 Å². The maximum atomic E-state index is 12.9. The van der Waals surface area contributed by atoms with Gasteiger partial charge >= 0.3 is 6.18 Å². The Morgan fingerprint density at radius 1 is 1.00 bits per heavy atom. The Morgan fingerprint density at radius 3 is 2.32 bits per heavy atom. The van der Waals surface area contributed by atoms with E-state index in [1.54, 1.807) is 11.2 Å². The second-order valence-corrected chi connectivity index (χ2v) is 7.23. The Bertz CT molecular complexity index is 797. The molecule has 2 saturated heterocycles. The molecule has 2 aliphatic rings. The number of carbonyl (C=O) groups excluding carboxylic acids is 1. The molecule has 150 valence electrons. The van der Waals surface area contributed by atoms with E-state index < -0.39 is 11.7 Å². The second-order valence-electron chi connectivity index (χ2n) is 7.23. The van der Waals surface area contributed by atoms with E-state index in [4.69, 9.17) is 4.42 Å². The molecule has 1 amide bonds. The first-order valence-electron chi connectivity index (χ1n) is 9.39. The van der Waals surface area contributed by atoms with E-state index in [0.717, 1.165) is 50.6 Å². The van der Waals surface area contributed by atoms with Crippen LogP contribution in [0.3, 0.4) is 0 Å². The summed E-state index contributed by atoms with van der Waals surface area (Å²) < 4.78 is 43.6. The lowest BCUT2D eigenvalue weighted by Gasteiger charge is -2.36. The number of benzene rings is 1. The Kier molecular flexibility index (Phi) is 5.16. The first kappa shape index (κ1) is 19.0. The molecule has 0 spiro atoms. The molecule has 5 nitrogen and oxygen atoms in total. The number of nitrogens with zero attached hydrogens (tertiary/aromatic N) is 3. The second kappa shape index (κ2) is 7.60.